The van der Waals surface area contributed by atoms with Crippen molar-refractivity contribution in [3.8, 4) is 0 Å². The predicted octanol–water partition coefficient (Wildman–Crippen LogP) is 2.55. The van der Waals surface area contributed by atoms with Gasteiger partial charge in [-0.25, -0.2) is 14.3 Å². The molecule has 1 saturated heterocycles. The van der Waals surface area contributed by atoms with Crippen LogP contribution in [0.2, 0.25) is 0 Å². The van der Waals surface area contributed by atoms with Crippen molar-refractivity contribution in [3.63, 3.8) is 0 Å². The molecule has 0 atom stereocenters. The van der Waals surface area contributed by atoms with E-state index in [1.807, 2.05) is 22.8 Å². The summed E-state index contributed by atoms with van der Waals surface area (Å²) < 4.78 is 13.3. The maximum absolute atomic E-state index is 11.8. The number of halogens is 1. The van der Waals surface area contributed by atoms with Crippen LogP contribution in [0, 0.1) is 3.57 Å². The van der Waals surface area contributed by atoms with E-state index in [2.05, 4.69) is 44.6 Å². The Morgan fingerprint density at radius 1 is 1.26 bits per heavy atom. The van der Waals surface area contributed by atoms with Gasteiger partial charge in [0, 0.05) is 40.5 Å². The average molecular weight is 478 g/mol. The number of hydrogen-bond donors (Lipinski definition) is 0. The quantitative estimate of drug-likeness (QED) is 0.424. The van der Waals surface area contributed by atoms with E-state index in [0.29, 0.717) is 25.3 Å². The molecular formula is C19H19IN4O3. The van der Waals surface area contributed by atoms with Crippen LogP contribution in [0.5, 0.6) is 0 Å². The average Bonchev–Trinajstić information content (AvgIpc) is 3.05. The van der Waals surface area contributed by atoms with Crippen LogP contribution in [0.25, 0.3) is 5.52 Å². The minimum atomic E-state index is -0.431. The molecule has 140 valence electrons. The van der Waals surface area contributed by atoms with Crippen LogP contribution in [0.1, 0.15) is 21.7 Å². The van der Waals surface area contributed by atoms with Crippen molar-refractivity contribution in [2.75, 3.05) is 38.3 Å². The molecule has 3 aromatic rings. The largest absolute Gasteiger partial charge is 0.464 e. The molecule has 0 saturated carbocycles. The van der Waals surface area contributed by atoms with Gasteiger partial charge in [0.1, 0.15) is 5.69 Å². The number of hydrogen-bond acceptors (Lipinski definition) is 6. The fourth-order valence-corrected chi connectivity index (χ4v) is 3.68. The minimum absolute atomic E-state index is 0.314. The molecule has 0 unspecified atom stereocenters. The van der Waals surface area contributed by atoms with Gasteiger partial charge in [0.05, 0.1) is 25.8 Å². The van der Waals surface area contributed by atoms with E-state index in [9.17, 15) is 4.79 Å². The number of carbonyl (C=O) groups excluding carboxylic acids is 1. The van der Waals surface area contributed by atoms with E-state index in [1.54, 1.807) is 6.07 Å². The summed E-state index contributed by atoms with van der Waals surface area (Å²) in [4.78, 5) is 18.5. The first-order valence-electron chi connectivity index (χ1n) is 8.69. The molecule has 0 spiro atoms. The van der Waals surface area contributed by atoms with E-state index in [-0.39, 0.29) is 0 Å². The van der Waals surface area contributed by atoms with Gasteiger partial charge in [0.2, 0.25) is 0 Å². The van der Waals surface area contributed by atoms with Gasteiger partial charge in [0.25, 0.3) is 0 Å². The SMILES string of the molecule is COC(=O)c1cccc(Cc2c(N3CCOCC3)nn3cc(I)ccc23)n1. The molecule has 0 bridgehead atoms. The Balaban J connectivity index is 1.76. The van der Waals surface area contributed by atoms with Gasteiger partial charge in [-0.15, -0.1) is 5.10 Å². The molecule has 1 aliphatic heterocycles. The predicted molar refractivity (Wildman–Crippen MR) is 109 cm³/mol. The highest BCUT2D eigenvalue weighted by Gasteiger charge is 2.21. The number of methoxy groups -OCH3 is 1. The lowest BCUT2D eigenvalue weighted by molar-refractivity contribution is 0.0593. The molecule has 4 rings (SSSR count). The number of fused-ring (bicyclic) bond motifs is 1. The van der Waals surface area contributed by atoms with Gasteiger partial charge in [-0.05, 0) is 46.9 Å². The van der Waals surface area contributed by atoms with E-state index in [1.165, 1.54) is 7.11 Å². The van der Waals surface area contributed by atoms with Crippen molar-refractivity contribution in [3.05, 3.63) is 57.1 Å². The Morgan fingerprint density at radius 3 is 2.85 bits per heavy atom. The van der Waals surface area contributed by atoms with E-state index in [0.717, 1.165) is 39.3 Å². The second kappa shape index (κ2) is 7.81. The maximum Gasteiger partial charge on any atom is 0.356 e. The molecule has 27 heavy (non-hydrogen) atoms. The Morgan fingerprint density at radius 2 is 2.07 bits per heavy atom. The first kappa shape index (κ1) is 18.2. The van der Waals surface area contributed by atoms with Crippen LogP contribution in [0.4, 0.5) is 5.82 Å². The lowest BCUT2D eigenvalue weighted by Crippen LogP contribution is -2.37. The second-order valence-corrected chi connectivity index (χ2v) is 7.51. The summed E-state index contributed by atoms with van der Waals surface area (Å²) in [7, 11) is 1.36. The molecule has 3 aromatic heterocycles. The number of anilines is 1. The highest BCUT2D eigenvalue weighted by Crippen LogP contribution is 2.28. The van der Waals surface area contributed by atoms with Gasteiger partial charge in [-0.1, -0.05) is 6.07 Å². The van der Waals surface area contributed by atoms with Gasteiger partial charge < -0.3 is 14.4 Å². The lowest BCUT2D eigenvalue weighted by atomic mass is 10.1. The smallest absolute Gasteiger partial charge is 0.356 e. The molecule has 1 fully saturated rings. The molecule has 1 aliphatic rings. The number of esters is 1. The van der Waals surface area contributed by atoms with Gasteiger partial charge >= 0.3 is 5.97 Å². The van der Waals surface area contributed by atoms with E-state index in [4.69, 9.17) is 14.6 Å². The van der Waals surface area contributed by atoms with Crippen LogP contribution in [0.15, 0.2) is 36.5 Å². The summed E-state index contributed by atoms with van der Waals surface area (Å²) in [5.41, 5.74) is 3.26. The van der Waals surface area contributed by atoms with Crippen molar-refractivity contribution in [2.24, 2.45) is 0 Å². The molecule has 7 nitrogen and oxygen atoms in total. The number of carbonyl (C=O) groups is 1. The number of morpholine rings is 1. The Bertz CT molecular complexity index is 982. The molecule has 0 N–H and O–H groups in total. The third-order valence-corrected chi connectivity index (χ3v) is 5.18. The molecule has 4 heterocycles. The van der Waals surface area contributed by atoms with Crippen LogP contribution >= 0.6 is 22.6 Å². The summed E-state index contributed by atoms with van der Waals surface area (Å²) in [5, 5.41) is 4.83. The molecule has 0 aromatic carbocycles. The highest BCUT2D eigenvalue weighted by molar-refractivity contribution is 14.1. The number of ether oxygens (including phenoxy) is 2. The zero-order valence-corrected chi connectivity index (χ0v) is 17.0. The zero-order chi connectivity index (χ0) is 18.8. The molecule has 8 heteroatoms. The first-order chi connectivity index (χ1) is 13.2. The van der Waals surface area contributed by atoms with Crippen molar-refractivity contribution in [2.45, 2.75) is 6.42 Å². The van der Waals surface area contributed by atoms with Gasteiger partial charge in [-0.3, -0.25) is 0 Å². The van der Waals surface area contributed by atoms with Crippen LogP contribution in [-0.2, 0) is 15.9 Å². The Hall–Kier alpha value is -2.20. The van der Waals surface area contributed by atoms with Gasteiger partial charge in [0.15, 0.2) is 5.82 Å². The summed E-state index contributed by atoms with van der Waals surface area (Å²) in [6.07, 6.45) is 2.60. The summed E-state index contributed by atoms with van der Waals surface area (Å²) in [5.74, 6) is 0.519. The Labute approximate surface area is 170 Å². The summed E-state index contributed by atoms with van der Waals surface area (Å²) in [6, 6.07) is 9.57. The van der Waals surface area contributed by atoms with Crippen molar-refractivity contribution >= 4 is 39.9 Å². The molecule has 0 radical (unpaired) electrons. The first-order valence-corrected chi connectivity index (χ1v) is 9.77. The number of pyridine rings is 2. The normalized spacial score (nSPS) is 14.5. The molecule has 0 amide bonds. The number of aromatic nitrogens is 3. The monoisotopic (exact) mass is 478 g/mol. The fourth-order valence-electron chi connectivity index (χ4n) is 3.24. The lowest BCUT2D eigenvalue weighted by Gasteiger charge is -2.27. The van der Waals surface area contributed by atoms with E-state index < -0.39 is 5.97 Å². The van der Waals surface area contributed by atoms with Crippen molar-refractivity contribution in [1.29, 1.82) is 0 Å². The van der Waals surface area contributed by atoms with Gasteiger partial charge in [-0.2, -0.15) is 0 Å². The zero-order valence-electron chi connectivity index (χ0n) is 14.9. The molecule has 0 aliphatic carbocycles. The number of rotatable bonds is 4. The minimum Gasteiger partial charge on any atom is -0.464 e. The standard InChI is InChI=1S/C19H19IN4O3/c1-26-19(25)16-4-2-3-14(21-16)11-15-17-6-5-13(20)12-24(17)22-18(15)23-7-9-27-10-8-23/h2-6,12H,7-11H2,1H3. The van der Waals surface area contributed by atoms with Crippen molar-refractivity contribution in [1.82, 2.24) is 14.6 Å². The van der Waals surface area contributed by atoms with Crippen molar-refractivity contribution < 1.29 is 14.3 Å². The van der Waals surface area contributed by atoms with Crippen LogP contribution < -0.4 is 4.90 Å². The topological polar surface area (TPSA) is 69.0 Å². The van der Waals surface area contributed by atoms with E-state index >= 15 is 0 Å². The third kappa shape index (κ3) is 3.77. The third-order valence-electron chi connectivity index (χ3n) is 4.54. The maximum atomic E-state index is 11.8. The highest BCUT2D eigenvalue weighted by atomic mass is 127. The number of nitrogens with zero attached hydrogens (tertiary/aromatic N) is 4. The summed E-state index contributed by atoms with van der Waals surface area (Å²) >= 11 is 2.28. The molecular weight excluding hydrogens is 459 g/mol. The summed E-state index contributed by atoms with van der Waals surface area (Å²) in [6.45, 7) is 3.01. The van der Waals surface area contributed by atoms with Crippen LogP contribution in [0.3, 0.4) is 0 Å². The Kier molecular flexibility index (Phi) is 5.26. The van der Waals surface area contributed by atoms with Crippen LogP contribution in [-0.4, -0.2) is 54.0 Å². The second-order valence-electron chi connectivity index (χ2n) is 6.26. The fraction of sp³-hybridized carbons (Fsp3) is 0.316.